The second-order valence-electron chi connectivity index (χ2n) is 4.94. The van der Waals surface area contributed by atoms with Crippen molar-refractivity contribution < 1.29 is 5.21 Å². The molecule has 0 aliphatic heterocycles. The summed E-state index contributed by atoms with van der Waals surface area (Å²) in [5, 5.41) is 11.5. The average molecular weight is 213 g/mol. The lowest BCUT2D eigenvalue weighted by atomic mass is 10.2. The lowest BCUT2D eigenvalue weighted by molar-refractivity contribution is 0.239. The Hall–Kier alpha value is -0.770. The molecule has 0 aromatic rings. The van der Waals surface area contributed by atoms with Gasteiger partial charge in [0.15, 0.2) is 0 Å². The van der Waals surface area contributed by atoms with Crippen molar-refractivity contribution in [1.29, 1.82) is 0 Å². The van der Waals surface area contributed by atoms with Crippen LogP contribution in [0.3, 0.4) is 0 Å². The molecule has 3 N–H and O–H groups in total. The second kappa shape index (κ2) is 5.95. The molecule has 1 saturated carbocycles. The van der Waals surface area contributed by atoms with E-state index in [1.807, 2.05) is 0 Å². The predicted octanol–water partition coefficient (Wildman–Crippen LogP) is 1.49. The van der Waals surface area contributed by atoms with E-state index in [0.717, 1.165) is 19.0 Å². The third-order valence-corrected chi connectivity index (χ3v) is 2.65. The Balaban J connectivity index is 2.26. The Morgan fingerprint density at radius 2 is 2.20 bits per heavy atom. The van der Waals surface area contributed by atoms with Crippen molar-refractivity contribution in [3.05, 3.63) is 0 Å². The van der Waals surface area contributed by atoms with E-state index in [1.54, 1.807) is 0 Å². The Labute approximate surface area is 92.1 Å². The summed E-state index contributed by atoms with van der Waals surface area (Å²) in [7, 11) is 0. The van der Waals surface area contributed by atoms with E-state index in [0.29, 0.717) is 18.2 Å². The monoisotopic (exact) mass is 213 g/mol. The van der Waals surface area contributed by atoms with Gasteiger partial charge in [-0.1, -0.05) is 19.0 Å². The molecule has 0 radical (unpaired) electrons. The van der Waals surface area contributed by atoms with Crippen LogP contribution >= 0.6 is 0 Å². The van der Waals surface area contributed by atoms with Crippen LogP contribution in [0, 0.1) is 11.8 Å². The van der Waals surface area contributed by atoms with Crippen molar-refractivity contribution in [2.24, 2.45) is 22.7 Å². The van der Waals surface area contributed by atoms with Gasteiger partial charge in [-0.3, -0.25) is 0 Å². The Morgan fingerprint density at radius 1 is 1.53 bits per heavy atom. The third-order valence-electron chi connectivity index (χ3n) is 2.65. The zero-order valence-electron chi connectivity index (χ0n) is 9.82. The fourth-order valence-electron chi connectivity index (χ4n) is 1.76. The number of hydrogen-bond donors (Lipinski definition) is 2. The minimum Gasteiger partial charge on any atom is -0.409 e. The first-order chi connectivity index (χ1) is 7.11. The van der Waals surface area contributed by atoms with Crippen molar-refractivity contribution in [3.63, 3.8) is 0 Å². The van der Waals surface area contributed by atoms with Crippen LogP contribution in [0.25, 0.3) is 0 Å². The molecule has 4 nitrogen and oxygen atoms in total. The summed E-state index contributed by atoms with van der Waals surface area (Å²) in [5.74, 6) is 1.91. The van der Waals surface area contributed by atoms with Gasteiger partial charge >= 0.3 is 0 Å². The first-order valence-corrected chi connectivity index (χ1v) is 5.80. The fourth-order valence-corrected chi connectivity index (χ4v) is 1.76. The predicted molar refractivity (Wildman–Crippen MR) is 62.0 cm³/mol. The van der Waals surface area contributed by atoms with Gasteiger partial charge in [-0.2, -0.15) is 0 Å². The summed E-state index contributed by atoms with van der Waals surface area (Å²) in [6.45, 7) is 7.64. The average Bonchev–Trinajstić information content (AvgIpc) is 2.96. The van der Waals surface area contributed by atoms with Gasteiger partial charge in [0.2, 0.25) is 0 Å². The molecule has 0 bridgehead atoms. The largest absolute Gasteiger partial charge is 0.409 e. The van der Waals surface area contributed by atoms with Crippen molar-refractivity contribution in [3.8, 4) is 0 Å². The fraction of sp³-hybridized carbons (Fsp3) is 0.909. The van der Waals surface area contributed by atoms with Crippen molar-refractivity contribution in [1.82, 2.24) is 4.90 Å². The molecule has 0 aromatic heterocycles. The van der Waals surface area contributed by atoms with Gasteiger partial charge in [0, 0.05) is 26.1 Å². The molecule has 0 atom stereocenters. The normalized spacial score (nSPS) is 17.7. The number of nitrogens with two attached hydrogens (primary N) is 1. The van der Waals surface area contributed by atoms with E-state index in [9.17, 15) is 0 Å². The summed E-state index contributed by atoms with van der Waals surface area (Å²) in [5.41, 5.74) is 5.47. The summed E-state index contributed by atoms with van der Waals surface area (Å²) < 4.78 is 0. The summed E-state index contributed by atoms with van der Waals surface area (Å²) in [4.78, 5) is 2.43. The molecule has 88 valence electrons. The second-order valence-corrected chi connectivity index (χ2v) is 4.94. The Kier molecular flexibility index (Phi) is 4.88. The molecular weight excluding hydrogens is 190 g/mol. The van der Waals surface area contributed by atoms with E-state index in [2.05, 4.69) is 23.9 Å². The zero-order valence-corrected chi connectivity index (χ0v) is 9.82. The molecule has 1 rings (SSSR count). The SMILES string of the molecule is CC(C)CN(CCC(N)=NO)CC1CC1. The van der Waals surface area contributed by atoms with E-state index >= 15 is 0 Å². The van der Waals surface area contributed by atoms with Crippen molar-refractivity contribution in [2.45, 2.75) is 33.1 Å². The first-order valence-electron chi connectivity index (χ1n) is 5.80. The molecule has 0 aromatic carbocycles. The van der Waals surface area contributed by atoms with Gasteiger partial charge in [-0.05, 0) is 24.7 Å². The number of oxime groups is 1. The maximum absolute atomic E-state index is 8.47. The Bertz CT molecular complexity index is 208. The molecule has 4 heteroatoms. The van der Waals surface area contributed by atoms with Gasteiger partial charge in [0.05, 0.1) is 0 Å². The van der Waals surface area contributed by atoms with E-state index in [-0.39, 0.29) is 0 Å². The zero-order chi connectivity index (χ0) is 11.3. The molecule has 0 heterocycles. The molecule has 0 unspecified atom stereocenters. The third kappa shape index (κ3) is 5.62. The lowest BCUT2D eigenvalue weighted by Gasteiger charge is -2.23. The van der Waals surface area contributed by atoms with Crippen LogP contribution in [0.2, 0.25) is 0 Å². The van der Waals surface area contributed by atoms with Crippen LogP contribution in [0.5, 0.6) is 0 Å². The summed E-state index contributed by atoms with van der Waals surface area (Å²) >= 11 is 0. The molecule has 0 saturated heterocycles. The van der Waals surface area contributed by atoms with Crippen molar-refractivity contribution in [2.75, 3.05) is 19.6 Å². The van der Waals surface area contributed by atoms with Crippen LogP contribution in [0.4, 0.5) is 0 Å². The highest BCUT2D eigenvalue weighted by Crippen LogP contribution is 2.29. The van der Waals surface area contributed by atoms with Crippen LogP contribution < -0.4 is 5.73 Å². The quantitative estimate of drug-likeness (QED) is 0.291. The molecule has 1 aliphatic carbocycles. The van der Waals surface area contributed by atoms with Gasteiger partial charge in [-0.15, -0.1) is 0 Å². The number of amidine groups is 1. The highest BCUT2D eigenvalue weighted by Gasteiger charge is 2.24. The molecule has 1 aliphatic rings. The highest BCUT2D eigenvalue weighted by atomic mass is 16.4. The van der Waals surface area contributed by atoms with Gasteiger partial charge in [-0.25, -0.2) is 0 Å². The topological polar surface area (TPSA) is 61.8 Å². The summed E-state index contributed by atoms with van der Waals surface area (Å²) in [6.07, 6.45) is 3.41. The molecular formula is C11H23N3O. The van der Waals surface area contributed by atoms with Gasteiger partial charge in [0.25, 0.3) is 0 Å². The van der Waals surface area contributed by atoms with Crippen LogP contribution in [0.15, 0.2) is 5.16 Å². The van der Waals surface area contributed by atoms with Crippen LogP contribution in [-0.4, -0.2) is 35.6 Å². The van der Waals surface area contributed by atoms with Gasteiger partial charge in [0.1, 0.15) is 5.84 Å². The molecule has 15 heavy (non-hydrogen) atoms. The van der Waals surface area contributed by atoms with E-state index in [4.69, 9.17) is 10.9 Å². The van der Waals surface area contributed by atoms with Crippen molar-refractivity contribution >= 4 is 5.84 Å². The minimum atomic E-state index is 0.333. The summed E-state index contributed by atoms with van der Waals surface area (Å²) in [6, 6.07) is 0. The molecule has 1 fully saturated rings. The molecule has 0 spiro atoms. The van der Waals surface area contributed by atoms with Crippen LogP contribution in [-0.2, 0) is 0 Å². The van der Waals surface area contributed by atoms with E-state index < -0.39 is 0 Å². The molecule has 0 amide bonds. The maximum atomic E-state index is 8.47. The minimum absolute atomic E-state index is 0.333. The van der Waals surface area contributed by atoms with Crippen LogP contribution in [0.1, 0.15) is 33.1 Å². The number of nitrogens with zero attached hydrogens (tertiary/aromatic N) is 2. The standard InChI is InChI=1S/C11H23N3O/c1-9(2)7-14(8-10-3-4-10)6-5-11(12)13-15/h9-10,15H,3-8H2,1-2H3,(H2,12,13). The maximum Gasteiger partial charge on any atom is 0.140 e. The smallest absolute Gasteiger partial charge is 0.140 e. The first kappa shape index (κ1) is 12.3. The number of rotatable bonds is 7. The lowest BCUT2D eigenvalue weighted by Crippen LogP contribution is -2.33. The Morgan fingerprint density at radius 3 is 2.67 bits per heavy atom. The highest BCUT2D eigenvalue weighted by molar-refractivity contribution is 5.79. The van der Waals surface area contributed by atoms with E-state index in [1.165, 1.54) is 19.4 Å². The van der Waals surface area contributed by atoms with Gasteiger partial charge < -0.3 is 15.8 Å². The number of hydrogen-bond acceptors (Lipinski definition) is 3.